The first-order valence-electron chi connectivity index (χ1n) is 19.7. The molecule has 0 unspecified atom stereocenters. The van der Waals surface area contributed by atoms with Crippen LogP contribution in [0, 0.1) is 11.8 Å². The van der Waals surface area contributed by atoms with E-state index >= 15 is 0 Å². The Morgan fingerprint density at radius 1 is 0.708 bits per heavy atom. The van der Waals surface area contributed by atoms with Crippen molar-refractivity contribution in [3.8, 4) is 51.5 Å². The van der Waals surface area contributed by atoms with Crippen LogP contribution in [-0.4, -0.2) is 70.8 Å². The molecule has 15 nitrogen and oxygen atoms in total. The average molecular weight is 870 g/mol. The molecule has 0 bridgehead atoms. The lowest BCUT2D eigenvalue weighted by Crippen LogP contribution is -2.25. The Bertz CT molecular complexity index is 3430. The molecule has 8 rings (SSSR count). The number of carbonyl (C=O) groups is 5. The molecule has 2 aliphatic heterocycles. The summed E-state index contributed by atoms with van der Waals surface area (Å²) in [6.07, 6.45) is 0. The highest BCUT2D eigenvalue weighted by molar-refractivity contribution is 6.09. The Morgan fingerprint density at radius 3 is 2.14 bits per heavy atom. The van der Waals surface area contributed by atoms with Gasteiger partial charge in [0.1, 0.15) is 28.6 Å². The number of nitrogens with one attached hydrogen (secondary N) is 2. The van der Waals surface area contributed by atoms with Gasteiger partial charge in [-0.05, 0) is 89.0 Å². The third-order valence-corrected chi connectivity index (χ3v) is 10.7. The van der Waals surface area contributed by atoms with Crippen LogP contribution in [0.1, 0.15) is 58.1 Å². The minimum absolute atomic E-state index is 0.00137. The standard InChI is InChI=1S/C50H35N3O12/c1-25-6-11-32-40(19-25)64-41-22-28(53(2)3)9-14-33(41)44(32)30-12-7-26(20-36(30)49(60)61)47(57)51-18-4-5-43(56)52-24-38-39(55)17-16-35-45(34-15-10-29(54)23-42(34)65-46(35)38)31-13-8-27(48(58)59)21-37(31)50(62)63/h6-17,19-23,55H,1,18,24H2,2-3H3,(H,51,57)(H,52,56)(H,58,59)(H,60,61)(H,62,63). The number of benzene rings is 6. The van der Waals surface area contributed by atoms with Gasteiger partial charge >= 0.3 is 17.9 Å². The molecule has 0 saturated heterocycles. The third kappa shape index (κ3) is 8.18. The molecule has 5 aromatic rings. The first-order valence-corrected chi connectivity index (χ1v) is 19.7. The summed E-state index contributed by atoms with van der Waals surface area (Å²) in [5.74, 6) is 0.157. The van der Waals surface area contributed by atoms with E-state index in [0.717, 1.165) is 11.8 Å². The summed E-state index contributed by atoms with van der Waals surface area (Å²) in [7, 11) is 3.78. The van der Waals surface area contributed by atoms with Crippen LogP contribution in [0.3, 0.4) is 0 Å². The van der Waals surface area contributed by atoms with Gasteiger partial charge in [0, 0.05) is 70.3 Å². The minimum Gasteiger partial charge on any atom is -0.507 e. The van der Waals surface area contributed by atoms with E-state index < -0.39 is 35.2 Å². The van der Waals surface area contributed by atoms with Crippen LogP contribution in [0.4, 0.5) is 5.69 Å². The fourth-order valence-electron chi connectivity index (χ4n) is 7.65. The van der Waals surface area contributed by atoms with Crippen molar-refractivity contribution in [1.29, 1.82) is 0 Å². The molecule has 2 heterocycles. The van der Waals surface area contributed by atoms with E-state index in [9.17, 15) is 49.2 Å². The van der Waals surface area contributed by atoms with Crippen LogP contribution in [0.15, 0.2) is 112 Å². The number of phenols is 1. The highest BCUT2D eigenvalue weighted by Crippen LogP contribution is 2.44. The minimum atomic E-state index is -1.41. The molecule has 322 valence electrons. The molecule has 5 aromatic carbocycles. The van der Waals surface area contributed by atoms with Crippen molar-refractivity contribution in [2.24, 2.45) is 0 Å². The number of phenolic OH excluding ortho intramolecular Hbond substituents is 1. The number of aromatic carboxylic acids is 3. The van der Waals surface area contributed by atoms with Crippen LogP contribution in [0.5, 0.6) is 17.2 Å². The van der Waals surface area contributed by atoms with Gasteiger partial charge in [-0.1, -0.05) is 36.8 Å². The van der Waals surface area contributed by atoms with Gasteiger partial charge < -0.3 is 45.1 Å². The second-order valence-electron chi connectivity index (χ2n) is 15.1. The molecule has 1 aliphatic carbocycles. The molecular formula is C50H35N3O12. The zero-order chi connectivity index (χ0) is 46.3. The van der Waals surface area contributed by atoms with E-state index in [0.29, 0.717) is 44.2 Å². The maximum absolute atomic E-state index is 13.3. The Hall–Kier alpha value is -9.16. The van der Waals surface area contributed by atoms with Gasteiger partial charge in [-0.15, -0.1) is 0 Å². The summed E-state index contributed by atoms with van der Waals surface area (Å²) < 4.78 is 12.3. The number of nitrogens with zero attached hydrogens (tertiary/aromatic N) is 1. The van der Waals surface area contributed by atoms with Gasteiger partial charge in [0.25, 0.3) is 11.8 Å². The van der Waals surface area contributed by atoms with Gasteiger partial charge in [0.15, 0.2) is 5.43 Å². The monoisotopic (exact) mass is 869 g/mol. The molecule has 0 atom stereocenters. The van der Waals surface area contributed by atoms with Gasteiger partial charge in [0.05, 0.1) is 35.3 Å². The highest BCUT2D eigenvalue weighted by Gasteiger charge is 2.27. The quantitative estimate of drug-likeness (QED) is 0.0763. The fourth-order valence-corrected chi connectivity index (χ4v) is 7.65. The van der Waals surface area contributed by atoms with E-state index in [2.05, 4.69) is 29.1 Å². The summed E-state index contributed by atoms with van der Waals surface area (Å²) in [6, 6.07) is 25.5. The third-order valence-electron chi connectivity index (χ3n) is 10.7. The summed E-state index contributed by atoms with van der Waals surface area (Å²) in [6.45, 7) is 3.34. The van der Waals surface area contributed by atoms with Crippen molar-refractivity contribution in [3.05, 3.63) is 163 Å². The number of hydrogen-bond acceptors (Lipinski definition) is 10. The topological polar surface area (TPSA) is 233 Å². The van der Waals surface area contributed by atoms with Gasteiger partial charge in [-0.25, -0.2) is 14.4 Å². The number of aromatic hydroxyl groups is 1. The lowest BCUT2D eigenvalue weighted by atomic mass is 9.88. The molecule has 0 aromatic heterocycles. The van der Waals surface area contributed by atoms with Gasteiger partial charge in [0.2, 0.25) is 0 Å². The van der Waals surface area contributed by atoms with Gasteiger partial charge in [-0.2, -0.15) is 0 Å². The number of anilines is 1. The summed E-state index contributed by atoms with van der Waals surface area (Å²) >= 11 is 0. The lowest BCUT2D eigenvalue weighted by Gasteiger charge is -2.24. The summed E-state index contributed by atoms with van der Waals surface area (Å²) in [4.78, 5) is 77.4. The number of carboxylic acids is 3. The van der Waals surface area contributed by atoms with Crippen LogP contribution < -0.4 is 36.1 Å². The smallest absolute Gasteiger partial charge is 0.336 e. The Balaban J connectivity index is 1.03. The number of rotatable bonds is 10. The highest BCUT2D eigenvalue weighted by atomic mass is 16.5. The van der Waals surface area contributed by atoms with Crippen LogP contribution in [0.25, 0.3) is 45.6 Å². The van der Waals surface area contributed by atoms with Crippen LogP contribution in [0.2, 0.25) is 0 Å². The predicted octanol–water partition coefficient (Wildman–Crippen LogP) is 5.24. The van der Waals surface area contributed by atoms with E-state index in [1.54, 1.807) is 18.2 Å². The molecule has 0 spiro atoms. The molecule has 0 fully saturated rings. The molecule has 6 N–H and O–H groups in total. The van der Waals surface area contributed by atoms with Crippen molar-refractivity contribution in [2.75, 3.05) is 25.5 Å². The number of hydrogen-bond donors (Lipinski definition) is 6. The lowest BCUT2D eigenvalue weighted by molar-refractivity contribution is -0.115. The molecule has 3 aliphatic rings. The van der Waals surface area contributed by atoms with E-state index in [-0.39, 0.29) is 74.5 Å². The Morgan fingerprint density at radius 2 is 1.40 bits per heavy atom. The molecule has 0 radical (unpaired) electrons. The second kappa shape index (κ2) is 17.0. The van der Waals surface area contributed by atoms with Crippen molar-refractivity contribution >= 4 is 58.5 Å². The van der Waals surface area contributed by atoms with Crippen LogP contribution in [-0.2, 0) is 11.3 Å². The normalized spacial score (nSPS) is 11.4. The Kier molecular flexibility index (Phi) is 11.1. The number of ether oxygens (including phenoxy) is 1. The van der Waals surface area contributed by atoms with E-state index in [1.807, 2.05) is 43.3 Å². The molecular weight excluding hydrogens is 835 g/mol. The number of fused-ring (bicyclic) bond motifs is 4. The first kappa shape index (κ1) is 42.5. The van der Waals surface area contributed by atoms with Crippen LogP contribution >= 0.6 is 0 Å². The average Bonchev–Trinajstić information content (AvgIpc) is 3.27. The fraction of sp³-hybridized carbons (Fsp3) is 0.0800. The largest absolute Gasteiger partial charge is 0.507 e. The van der Waals surface area contributed by atoms with E-state index in [4.69, 9.17) is 9.15 Å². The number of carbonyl (C=O) groups excluding carboxylic acids is 2. The Labute approximate surface area is 368 Å². The predicted molar refractivity (Wildman–Crippen MR) is 239 cm³/mol. The first-order chi connectivity index (χ1) is 31.1. The molecule has 2 amide bonds. The number of amides is 2. The zero-order valence-corrected chi connectivity index (χ0v) is 34.4. The summed E-state index contributed by atoms with van der Waals surface area (Å²) in [5, 5.41) is 47.7. The number of carboxylic acid groups (broad SMARTS) is 3. The molecule has 0 saturated carbocycles. The second-order valence-corrected chi connectivity index (χ2v) is 15.1. The summed E-state index contributed by atoms with van der Waals surface area (Å²) in [5.41, 5.74) is 2.11. The van der Waals surface area contributed by atoms with Crippen molar-refractivity contribution < 1.29 is 53.6 Å². The van der Waals surface area contributed by atoms with Crippen molar-refractivity contribution in [1.82, 2.24) is 10.6 Å². The van der Waals surface area contributed by atoms with Crippen molar-refractivity contribution in [2.45, 2.75) is 6.54 Å². The van der Waals surface area contributed by atoms with Gasteiger partial charge in [-0.3, -0.25) is 14.4 Å². The van der Waals surface area contributed by atoms with E-state index in [1.165, 1.54) is 54.6 Å². The zero-order valence-electron chi connectivity index (χ0n) is 34.4. The maximum Gasteiger partial charge on any atom is 0.336 e. The van der Waals surface area contributed by atoms with Crippen molar-refractivity contribution in [3.63, 3.8) is 0 Å². The molecule has 15 heteroatoms. The SMILES string of the molecule is C=c1ccc2c(c1)Oc1cc(N(C)C)ccc1C=2c1ccc(C(=O)NCC#CC(=O)NCc2c(O)ccc3c(-c4ccc(C(=O)O)cc4C(=O)O)c4ccc(=O)cc-4oc23)cc1C(=O)O. The maximum atomic E-state index is 13.3. The molecule has 65 heavy (non-hydrogen) atoms.